The fraction of sp³-hybridized carbons (Fsp3) is 0.524. The van der Waals surface area contributed by atoms with Gasteiger partial charge in [-0.3, -0.25) is 9.59 Å². The molecule has 1 unspecified atom stereocenters. The molecule has 0 radical (unpaired) electrons. The number of carbonyl (C=O) groups excluding carboxylic acids is 2. The average molecular weight is 385 g/mol. The molecule has 0 saturated carbocycles. The van der Waals surface area contributed by atoms with Crippen molar-refractivity contribution in [3.63, 3.8) is 0 Å². The van der Waals surface area contributed by atoms with E-state index < -0.39 is 11.5 Å². The molecule has 1 saturated heterocycles. The highest BCUT2D eigenvalue weighted by molar-refractivity contribution is 5.82. The zero-order chi connectivity index (χ0) is 20.3. The fourth-order valence-corrected chi connectivity index (χ4v) is 3.21. The number of rotatable bonds is 4. The van der Waals surface area contributed by atoms with Crippen LogP contribution in [0.4, 0.5) is 0 Å². The van der Waals surface area contributed by atoms with Gasteiger partial charge < -0.3 is 14.1 Å². The predicted octanol–water partition coefficient (Wildman–Crippen LogP) is 3.63. The molecule has 2 heterocycles. The van der Waals surface area contributed by atoms with Gasteiger partial charge in [-0.25, -0.2) is 0 Å². The van der Waals surface area contributed by atoms with Crippen LogP contribution in [0.1, 0.15) is 52.5 Å². The molecule has 150 valence electrons. The summed E-state index contributed by atoms with van der Waals surface area (Å²) >= 11 is 0. The summed E-state index contributed by atoms with van der Waals surface area (Å²) in [6, 6.07) is 9.44. The van der Waals surface area contributed by atoms with Crippen LogP contribution >= 0.6 is 0 Å². The molecule has 7 nitrogen and oxygen atoms in total. The van der Waals surface area contributed by atoms with Crippen LogP contribution in [0.5, 0.6) is 0 Å². The first-order valence-corrected chi connectivity index (χ1v) is 9.64. The first kappa shape index (κ1) is 20.0. The summed E-state index contributed by atoms with van der Waals surface area (Å²) in [7, 11) is 0. The Hall–Kier alpha value is -2.70. The van der Waals surface area contributed by atoms with Gasteiger partial charge in [-0.2, -0.15) is 0 Å². The van der Waals surface area contributed by atoms with Crippen LogP contribution in [-0.4, -0.2) is 40.1 Å². The van der Waals surface area contributed by atoms with E-state index in [9.17, 15) is 9.59 Å². The summed E-state index contributed by atoms with van der Waals surface area (Å²) in [5, 5.41) is 8.03. The van der Waals surface area contributed by atoms with E-state index in [0.717, 1.165) is 5.56 Å². The number of hydrogen-bond acceptors (Lipinski definition) is 6. The van der Waals surface area contributed by atoms with Crippen molar-refractivity contribution in [2.24, 2.45) is 11.3 Å². The molecule has 3 rings (SSSR count). The molecule has 1 aliphatic rings. The van der Waals surface area contributed by atoms with Crippen LogP contribution < -0.4 is 0 Å². The van der Waals surface area contributed by atoms with E-state index in [1.165, 1.54) is 0 Å². The van der Waals surface area contributed by atoms with Crippen molar-refractivity contribution in [1.29, 1.82) is 0 Å². The van der Waals surface area contributed by atoms with E-state index in [1.807, 2.05) is 56.0 Å². The van der Waals surface area contributed by atoms with Gasteiger partial charge in [0.2, 0.25) is 11.8 Å². The summed E-state index contributed by atoms with van der Waals surface area (Å²) in [5.74, 6) is 0.282. The molecule has 28 heavy (non-hydrogen) atoms. The first-order chi connectivity index (χ1) is 13.3. The van der Waals surface area contributed by atoms with Gasteiger partial charge in [-0.1, -0.05) is 39.0 Å². The Bertz CT molecular complexity index is 818. The largest absolute Gasteiger partial charge is 0.452 e. The average Bonchev–Trinajstić information content (AvgIpc) is 3.18. The lowest BCUT2D eigenvalue weighted by Gasteiger charge is -2.35. The first-order valence-electron chi connectivity index (χ1n) is 9.64. The monoisotopic (exact) mass is 385 g/mol. The summed E-state index contributed by atoms with van der Waals surface area (Å²) in [6.07, 6.45) is 0.588. The van der Waals surface area contributed by atoms with Crippen LogP contribution in [0.15, 0.2) is 34.7 Å². The molecule has 1 aromatic carbocycles. The third kappa shape index (κ3) is 4.58. The van der Waals surface area contributed by atoms with Crippen LogP contribution in [0.25, 0.3) is 11.5 Å². The number of esters is 1. The third-order valence-corrected chi connectivity index (χ3v) is 4.86. The lowest BCUT2D eigenvalue weighted by atomic mass is 9.91. The van der Waals surface area contributed by atoms with Crippen molar-refractivity contribution >= 4 is 11.9 Å². The molecule has 0 N–H and O–H groups in total. The molecule has 0 spiro atoms. The Morgan fingerprint density at radius 1 is 1.14 bits per heavy atom. The minimum absolute atomic E-state index is 0.118. The van der Waals surface area contributed by atoms with Gasteiger partial charge in [0.05, 0.1) is 5.92 Å². The maximum atomic E-state index is 12.5. The fourth-order valence-electron chi connectivity index (χ4n) is 3.21. The standard InChI is InChI=1S/C21H27N3O4/c1-14(17-22-23-18(28-17)15-8-6-5-7-9-15)27-19(25)16-10-12-24(13-11-16)20(26)21(2,3)4/h5-9,14,16H,10-13H2,1-4H3. The summed E-state index contributed by atoms with van der Waals surface area (Å²) in [5.41, 5.74) is 0.409. The van der Waals surface area contributed by atoms with E-state index in [2.05, 4.69) is 10.2 Å². The second-order valence-corrected chi connectivity index (χ2v) is 8.21. The summed E-state index contributed by atoms with van der Waals surface area (Å²) in [6.45, 7) is 8.59. The van der Waals surface area contributed by atoms with Crippen molar-refractivity contribution in [3.05, 3.63) is 36.2 Å². The molecule has 1 aromatic heterocycles. The van der Waals surface area contributed by atoms with Gasteiger partial charge in [0.1, 0.15) is 0 Å². The summed E-state index contributed by atoms with van der Waals surface area (Å²) in [4.78, 5) is 26.7. The lowest BCUT2D eigenvalue weighted by molar-refractivity contribution is -0.158. The van der Waals surface area contributed by atoms with Gasteiger partial charge >= 0.3 is 5.97 Å². The van der Waals surface area contributed by atoms with Crippen LogP contribution in [0, 0.1) is 11.3 Å². The van der Waals surface area contributed by atoms with E-state index in [4.69, 9.17) is 9.15 Å². The van der Waals surface area contributed by atoms with E-state index in [0.29, 0.717) is 31.8 Å². The number of likely N-dealkylation sites (tertiary alicyclic amines) is 1. The normalized spacial score (nSPS) is 16.6. The second kappa shape index (κ2) is 8.12. The zero-order valence-corrected chi connectivity index (χ0v) is 16.8. The second-order valence-electron chi connectivity index (χ2n) is 8.21. The molecule has 7 heteroatoms. The molecule has 1 amide bonds. The Morgan fingerprint density at radius 2 is 1.79 bits per heavy atom. The molecule has 0 bridgehead atoms. The lowest BCUT2D eigenvalue weighted by Crippen LogP contribution is -2.45. The minimum Gasteiger partial charge on any atom is -0.452 e. The van der Waals surface area contributed by atoms with Gasteiger partial charge in [-0.15, -0.1) is 10.2 Å². The van der Waals surface area contributed by atoms with Gasteiger partial charge in [-0.05, 0) is 31.9 Å². The Morgan fingerprint density at radius 3 is 2.39 bits per heavy atom. The summed E-state index contributed by atoms with van der Waals surface area (Å²) < 4.78 is 11.2. The highest BCUT2D eigenvalue weighted by Crippen LogP contribution is 2.27. The number of hydrogen-bond donors (Lipinski definition) is 0. The molecule has 1 fully saturated rings. The quantitative estimate of drug-likeness (QED) is 0.747. The molecule has 1 atom stereocenters. The van der Waals surface area contributed by atoms with Crippen molar-refractivity contribution in [3.8, 4) is 11.5 Å². The molecule has 1 aliphatic heterocycles. The SMILES string of the molecule is CC(OC(=O)C1CCN(C(=O)C(C)(C)C)CC1)c1nnc(-c2ccccc2)o1. The van der Waals surface area contributed by atoms with Gasteiger partial charge in [0, 0.05) is 24.1 Å². The highest BCUT2D eigenvalue weighted by Gasteiger charge is 2.33. The topological polar surface area (TPSA) is 85.5 Å². The Balaban J connectivity index is 1.54. The van der Waals surface area contributed by atoms with Crippen LogP contribution in [-0.2, 0) is 14.3 Å². The minimum atomic E-state index is -0.619. The molecular formula is C21H27N3O4. The number of ether oxygens (including phenoxy) is 1. The van der Waals surface area contributed by atoms with Crippen LogP contribution in [0.3, 0.4) is 0 Å². The predicted molar refractivity (Wildman–Crippen MR) is 103 cm³/mol. The maximum Gasteiger partial charge on any atom is 0.309 e. The molecular weight excluding hydrogens is 358 g/mol. The number of nitrogens with zero attached hydrogens (tertiary/aromatic N) is 3. The zero-order valence-electron chi connectivity index (χ0n) is 16.8. The highest BCUT2D eigenvalue weighted by atomic mass is 16.6. The maximum absolute atomic E-state index is 12.5. The number of carbonyl (C=O) groups is 2. The number of aromatic nitrogens is 2. The van der Waals surface area contributed by atoms with Crippen molar-refractivity contribution < 1.29 is 18.7 Å². The van der Waals surface area contributed by atoms with E-state index in [-0.39, 0.29) is 23.7 Å². The van der Waals surface area contributed by atoms with Gasteiger partial charge in [0.15, 0.2) is 6.10 Å². The van der Waals surface area contributed by atoms with E-state index in [1.54, 1.807) is 6.92 Å². The van der Waals surface area contributed by atoms with Gasteiger partial charge in [0.25, 0.3) is 5.89 Å². The Labute approximate surface area is 165 Å². The number of piperidine rings is 1. The van der Waals surface area contributed by atoms with Crippen molar-refractivity contribution in [2.45, 2.75) is 46.6 Å². The third-order valence-electron chi connectivity index (χ3n) is 4.86. The molecule has 0 aliphatic carbocycles. The van der Waals surface area contributed by atoms with E-state index >= 15 is 0 Å². The molecule has 2 aromatic rings. The smallest absolute Gasteiger partial charge is 0.309 e. The number of amides is 1. The number of benzene rings is 1. The van der Waals surface area contributed by atoms with Crippen molar-refractivity contribution in [2.75, 3.05) is 13.1 Å². The van der Waals surface area contributed by atoms with Crippen molar-refractivity contribution in [1.82, 2.24) is 15.1 Å². The Kier molecular flexibility index (Phi) is 5.82. The van der Waals surface area contributed by atoms with Crippen LogP contribution in [0.2, 0.25) is 0 Å².